The summed E-state index contributed by atoms with van der Waals surface area (Å²) in [5.74, 6) is -0.333. The van der Waals surface area contributed by atoms with Crippen molar-refractivity contribution in [1.29, 1.82) is 0 Å². The summed E-state index contributed by atoms with van der Waals surface area (Å²) in [6.45, 7) is 5.97. The smallest absolute Gasteiger partial charge is 0.169 e. The maximum absolute atomic E-state index is 14.4. The largest absolute Gasteiger partial charge is 0.377 e. The molecule has 6 heteroatoms. The molecule has 2 aliphatic heterocycles. The Kier molecular flexibility index (Phi) is 3.01. The van der Waals surface area contributed by atoms with Gasteiger partial charge in [-0.25, -0.2) is 12.8 Å². The quantitative estimate of drug-likeness (QED) is 0.898. The predicted octanol–water partition coefficient (Wildman–Crippen LogP) is 2.12. The van der Waals surface area contributed by atoms with Crippen LogP contribution >= 0.6 is 0 Å². The summed E-state index contributed by atoms with van der Waals surface area (Å²) >= 11 is 0. The first-order chi connectivity index (χ1) is 10.8. The molecule has 1 aromatic rings. The maximum atomic E-state index is 14.4. The molecule has 124 valence electrons. The summed E-state index contributed by atoms with van der Waals surface area (Å²) in [6.07, 6.45) is 1.77. The lowest BCUT2D eigenvalue weighted by Crippen LogP contribution is -2.66. The molecule has 0 aromatic heterocycles. The van der Waals surface area contributed by atoms with Crippen LogP contribution in [0.2, 0.25) is 0 Å². The number of halogens is 1. The Morgan fingerprint density at radius 2 is 2.04 bits per heavy atom. The summed E-state index contributed by atoms with van der Waals surface area (Å²) in [4.78, 5) is 0. The average Bonchev–Trinajstić information content (AvgIpc) is 3.26. The van der Waals surface area contributed by atoms with Crippen molar-refractivity contribution in [3.8, 4) is 0 Å². The zero-order valence-electron chi connectivity index (χ0n) is 13.0. The Morgan fingerprint density at radius 1 is 1.35 bits per heavy atom. The van der Waals surface area contributed by atoms with Gasteiger partial charge < -0.3 is 10.1 Å². The number of benzene rings is 1. The molecule has 3 fully saturated rings. The van der Waals surface area contributed by atoms with Crippen LogP contribution in [0.3, 0.4) is 0 Å². The fraction of sp³-hybridized carbons (Fsp3) is 0.529. The average molecular weight is 337 g/mol. The second-order valence-corrected chi connectivity index (χ2v) is 9.49. The molecule has 0 spiro atoms. The van der Waals surface area contributed by atoms with Gasteiger partial charge in [0.25, 0.3) is 0 Å². The second kappa shape index (κ2) is 4.57. The Morgan fingerprint density at radius 3 is 2.70 bits per heavy atom. The molecule has 1 aliphatic carbocycles. The Hall–Kier alpha value is -1.40. The topological polar surface area (TPSA) is 55.4 Å². The van der Waals surface area contributed by atoms with E-state index in [1.807, 2.05) is 0 Å². The fourth-order valence-corrected chi connectivity index (χ4v) is 6.89. The molecular formula is C17H20FNO3S. The minimum absolute atomic E-state index is 0.0826. The van der Waals surface area contributed by atoms with Crippen LogP contribution in [0.4, 0.5) is 4.39 Å². The zero-order valence-corrected chi connectivity index (χ0v) is 13.8. The highest BCUT2D eigenvalue weighted by molar-refractivity contribution is 7.93. The molecule has 4 nitrogen and oxygen atoms in total. The molecule has 1 N–H and O–H groups in total. The third kappa shape index (κ3) is 1.76. The molecule has 23 heavy (non-hydrogen) atoms. The van der Waals surface area contributed by atoms with E-state index in [2.05, 4.69) is 11.9 Å². The van der Waals surface area contributed by atoms with Gasteiger partial charge in [0.2, 0.25) is 0 Å². The van der Waals surface area contributed by atoms with Gasteiger partial charge in [0, 0.05) is 11.3 Å². The molecule has 3 aliphatic rings. The van der Waals surface area contributed by atoms with E-state index < -0.39 is 31.2 Å². The van der Waals surface area contributed by atoms with Crippen molar-refractivity contribution < 1.29 is 17.5 Å². The van der Waals surface area contributed by atoms with Crippen LogP contribution in [0, 0.1) is 11.7 Å². The van der Waals surface area contributed by atoms with Crippen molar-refractivity contribution in [2.45, 2.75) is 35.3 Å². The highest BCUT2D eigenvalue weighted by atomic mass is 32.2. The molecule has 0 radical (unpaired) electrons. The summed E-state index contributed by atoms with van der Waals surface area (Å²) in [5.41, 5.74) is -0.287. The molecule has 2 heterocycles. The summed E-state index contributed by atoms with van der Waals surface area (Å²) in [5, 5.41) is 2.48. The van der Waals surface area contributed by atoms with Gasteiger partial charge in [-0.05, 0) is 31.7 Å². The Labute approximate surface area is 135 Å². The first-order valence-electron chi connectivity index (χ1n) is 7.88. The third-order valence-corrected chi connectivity index (χ3v) is 8.85. The summed E-state index contributed by atoms with van der Waals surface area (Å²) in [6, 6.07) is 6.30. The maximum Gasteiger partial charge on any atom is 0.169 e. The van der Waals surface area contributed by atoms with E-state index >= 15 is 0 Å². The summed E-state index contributed by atoms with van der Waals surface area (Å²) < 4.78 is 45.8. The van der Waals surface area contributed by atoms with Crippen LogP contribution in [0.25, 0.3) is 0 Å². The van der Waals surface area contributed by atoms with Crippen molar-refractivity contribution >= 4 is 9.84 Å². The number of ether oxygens (including phenoxy) is 1. The highest BCUT2D eigenvalue weighted by Gasteiger charge is 2.67. The molecule has 1 saturated carbocycles. The van der Waals surface area contributed by atoms with E-state index in [9.17, 15) is 12.8 Å². The Balaban J connectivity index is 1.91. The Bertz CT molecular complexity index is 789. The van der Waals surface area contributed by atoms with E-state index in [4.69, 9.17) is 4.74 Å². The lowest BCUT2D eigenvalue weighted by molar-refractivity contribution is 0.167. The number of fused-ring (bicyclic) bond motifs is 1. The third-order valence-electron chi connectivity index (χ3n) is 5.80. The molecule has 2 saturated heterocycles. The lowest BCUT2D eigenvalue weighted by Gasteiger charge is -2.49. The number of hydrogen-bond acceptors (Lipinski definition) is 4. The van der Waals surface area contributed by atoms with Gasteiger partial charge in [0.05, 0.1) is 13.2 Å². The van der Waals surface area contributed by atoms with Gasteiger partial charge in [-0.15, -0.1) is 0 Å². The highest BCUT2D eigenvalue weighted by Crippen LogP contribution is 2.55. The first-order valence-corrected chi connectivity index (χ1v) is 9.42. The van der Waals surface area contributed by atoms with Crippen LogP contribution in [0.15, 0.2) is 36.5 Å². The minimum atomic E-state index is -3.56. The molecule has 0 bridgehead atoms. The number of rotatable bonds is 2. The zero-order chi connectivity index (χ0) is 16.5. The normalized spacial score (nSPS) is 38.9. The molecule has 0 amide bonds. The van der Waals surface area contributed by atoms with E-state index in [0.29, 0.717) is 11.3 Å². The van der Waals surface area contributed by atoms with Crippen molar-refractivity contribution in [2.24, 2.45) is 5.92 Å². The molecular weight excluding hydrogens is 317 g/mol. The summed E-state index contributed by atoms with van der Waals surface area (Å²) in [7, 11) is -3.56. The van der Waals surface area contributed by atoms with E-state index in [-0.39, 0.29) is 19.1 Å². The van der Waals surface area contributed by atoms with Gasteiger partial charge in [-0.1, -0.05) is 24.8 Å². The van der Waals surface area contributed by atoms with Crippen LogP contribution in [-0.2, 0) is 20.1 Å². The van der Waals surface area contributed by atoms with Crippen molar-refractivity contribution in [3.05, 3.63) is 47.9 Å². The van der Waals surface area contributed by atoms with Crippen LogP contribution in [0.1, 0.15) is 25.3 Å². The van der Waals surface area contributed by atoms with E-state index in [0.717, 1.165) is 12.8 Å². The molecule has 3 atom stereocenters. The van der Waals surface area contributed by atoms with Gasteiger partial charge in [0.1, 0.15) is 21.4 Å². The van der Waals surface area contributed by atoms with Crippen molar-refractivity contribution in [3.63, 3.8) is 0 Å². The predicted molar refractivity (Wildman–Crippen MR) is 85.0 cm³/mol. The molecule has 4 rings (SSSR count). The van der Waals surface area contributed by atoms with Crippen molar-refractivity contribution in [1.82, 2.24) is 5.32 Å². The molecule has 1 unspecified atom stereocenters. The second-order valence-electron chi connectivity index (χ2n) is 6.98. The van der Waals surface area contributed by atoms with Crippen molar-refractivity contribution in [2.75, 3.05) is 13.2 Å². The van der Waals surface area contributed by atoms with Crippen LogP contribution < -0.4 is 5.32 Å². The molecule has 1 aromatic carbocycles. The fourth-order valence-electron chi connectivity index (χ4n) is 4.15. The van der Waals surface area contributed by atoms with E-state index in [1.165, 1.54) is 6.07 Å². The number of nitrogens with one attached hydrogen (secondary N) is 1. The van der Waals surface area contributed by atoms with Gasteiger partial charge >= 0.3 is 0 Å². The monoisotopic (exact) mass is 337 g/mol. The van der Waals surface area contributed by atoms with Crippen LogP contribution in [-0.4, -0.2) is 31.6 Å². The van der Waals surface area contributed by atoms with Gasteiger partial charge in [0.15, 0.2) is 9.84 Å². The SMILES string of the molecule is C=C1N[C@@]2(c3ccccc3F)COC[C@H]2S(=O)(=O)C1(C)C1CC1. The number of hydrogen-bond donors (Lipinski definition) is 1. The van der Waals surface area contributed by atoms with E-state index in [1.54, 1.807) is 25.1 Å². The first kappa shape index (κ1) is 15.1. The van der Waals surface area contributed by atoms with Gasteiger partial charge in [-0.2, -0.15) is 0 Å². The van der Waals surface area contributed by atoms with Gasteiger partial charge in [-0.3, -0.25) is 0 Å². The van der Waals surface area contributed by atoms with Crippen LogP contribution in [0.5, 0.6) is 0 Å². The lowest BCUT2D eigenvalue weighted by atomic mass is 9.85. The number of sulfone groups is 1. The minimum Gasteiger partial charge on any atom is -0.377 e. The standard InChI is InChI=1S/C17H20FNO3S/c1-11-16(2,12-7-8-12)23(20,21)15-9-22-10-17(15,19-11)13-5-3-4-6-14(13)18/h3-6,12,15,19H,1,7-10H2,2H3/t15-,16?,17-/m1/s1.